The Bertz CT molecular complexity index is 424. The zero-order valence-corrected chi connectivity index (χ0v) is 11.9. The summed E-state index contributed by atoms with van der Waals surface area (Å²) in [5.41, 5.74) is 1.35. The van der Waals surface area contributed by atoms with Gasteiger partial charge in [0.15, 0.2) is 0 Å². The number of rotatable bonds is 6. The fraction of sp³-hybridized carbons (Fsp3) is 0.467. The largest absolute Gasteiger partial charge is 0.345 e. The van der Waals surface area contributed by atoms with E-state index in [1.165, 1.54) is 4.90 Å². The van der Waals surface area contributed by atoms with Crippen molar-refractivity contribution in [1.29, 1.82) is 0 Å². The summed E-state index contributed by atoms with van der Waals surface area (Å²) in [6.07, 6.45) is 3.64. The predicted octanol–water partition coefficient (Wildman–Crippen LogP) is 2.91. The first-order chi connectivity index (χ1) is 9.04. The van der Waals surface area contributed by atoms with Crippen LogP contribution in [0.25, 0.3) is 0 Å². The number of carbonyl (C=O) groups is 2. The summed E-state index contributed by atoms with van der Waals surface area (Å²) in [4.78, 5) is 24.8. The van der Waals surface area contributed by atoms with Gasteiger partial charge in [-0.05, 0) is 30.7 Å². The standard InChI is InChI=1S/C15H22N2O2/c1-4-5-6-7-14(18)16-13-10-8-12(9-11-13)15(19)17(2)3/h8-11H,4-7H2,1-3H3,(H,16,18). The van der Waals surface area contributed by atoms with Gasteiger partial charge < -0.3 is 10.2 Å². The average molecular weight is 262 g/mol. The van der Waals surface area contributed by atoms with Gasteiger partial charge in [-0.15, -0.1) is 0 Å². The van der Waals surface area contributed by atoms with Crippen molar-refractivity contribution in [1.82, 2.24) is 4.90 Å². The number of hydrogen-bond acceptors (Lipinski definition) is 2. The van der Waals surface area contributed by atoms with Crippen molar-refractivity contribution in [3.05, 3.63) is 29.8 Å². The van der Waals surface area contributed by atoms with E-state index >= 15 is 0 Å². The highest BCUT2D eigenvalue weighted by Crippen LogP contribution is 2.11. The van der Waals surface area contributed by atoms with Gasteiger partial charge in [0.25, 0.3) is 5.91 Å². The third-order valence-corrected chi connectivity index (χ3v) is 2.83. The molecule has 4 heteroatoms. The van der Waals surface area contributed by atoms with Crippen LogP contribution in [-0.4, -0.2) is 30.8 Å². The van der Waals surface area contributed by atoms with Crippen LogP contribution in [0.2, 0.25) is 0 Å². The van der Waals surface area contributed by atoms with Gasteiger partial charge in [0.05, 0.1) is 0 Å². The quantitative estimate of drug-likeness (QED) is 0.801. The Morgan fingerprint density at radius 2 is 1.74 bits per heavy atom. The Hall–Kier alpha value is -1.84. The molecule has 0 fully saturated rings. The van der Waals surface area contributed by atoms with E-state index < -0.39 is 0 Å². The molecule has 0 aliphatic rings. The van der Waals surface area contributed by atoms with E-state index in [0.29, 0.717) is 12.0 Å². The molecule has 0 heterocycles. The number of unbranched alkanes of at least 4 members (excludes halogenated alkanes) is 2. The summed E-state index contributed by atoms with van der Waals surface area (Å²) in [6.45, 7) is 2.11. The minimum Gasteiger partial charge on any atom is -0.345 e. The van der Waals surface area contributed by atoms with Crippen LogP contribution in [0.3, 0.4) is 0 Å². The Kier molecular flexibility index (Phi) is 6.06. The smallest absolute Gasteiger partial charge is 0.253 e. The van der Waals surface area contributed by atoms with E-state index in [4.69, 9.17) is 0 Å². The van der Waals surface area contributed by atoms with E-state index in [-0.39, 0.29) is 11.8 Å². The number of nitrogens with zero attached hydrogens (tertiary/aromatic N) is 1. The molecule has 0 bridgehead atoms. The van der Waals surface area contributed by atoms with E-state index in [1.807, 2.05) is 0 Å². The first-order valence-corrected chi connectivity index (χ1v) is 6.66. The maximum atomic E-state index is 11.7. The lowest BCUT2D eigenvalue weighted by molar-refractivity contribution is -0.116. The van der Waals surface area contributed by atoms with Gasteiger partial charge in [-0.25, -0.2) is 0 Å². The third kappa shape index (κ3) is 5.12. The van der Waals surface area contributed by atoms with Gasteiger partial charge in [0.2, 0.25) is 5.91 Å². The molecule has 0 atom stereocenters. The van der Waals surface area contributed by atoms with Crippen LogP contribution in [0.15, 0.2) is 24.3 Å². The molecule has 2 amide bonds. The number of carbonyl (C=O) groups excluding carboxylic acids is 2. The number of nitrogens with one attached hydrogen (secondary N) is 1. The Morgan fingerprint density at radius 3 is 2.26 bits per heavy atom. The lowest BCUT2D eigenvalue weighted by Crippen LogP contribution is -2.21. The lowest BCUT2D eigenvalue weighted by Gasteiger charge is -2.11. The average Bonchev–Trinajstić information content (AvgIpc) is 2.39. The molecule has 19 heavy (non-hydrogen) atoms. The van der Waals surface area contributed by atoms with Gasteiger partial charge in [-0.2, -0.15) is 0 Å². The second-order valence-electron chi connectivity index (χ2n) is 4.78. The van der Waals surface area contributed by atoms with Gasteiger partial charge in [-0.1, -0.05) is 19.8 Å². The van der Waals surface area contributed by atoms with Crippen molar-refractivity contribution < 1.29 is 9.59 Å². The molecule has 0 saturated carbocycles. The lowest BCUT2D eigenvalue weighted by atomic mass is 10.1. The van der Waals surface area contributed by atoms with Crippen LogP contribution in [0.5, 0.6) is 0 Å². The predicted molar refractivity (Wildman–Crippen MR) is 77.2 cm³/mol. The van der Waals surface area contributed by atoms with E-state index in [2.05, 4.69) is 12.2 Å². The molecular weight excluding hydrogens is 240 g/mol. The summed E-state index contributed by atoms with van der Waals surface area (Å²) in [6, 6.07) is 6.97. The SMILES string of the molecule is CCCCCC(=O)Nc1ccc(C(=O)N(C)C)cc1. The summed E-state index contributed by atoms with van der Waals surface area (Å²) in [7, 11) is 3.43. The van der Waals surface area contributed by atoms with Crippen LogP contribution in [0.4, 0.5) is 5.69 Å². The molecule has 0 aromatic heterocycles. The third-order valence-electron chi connectivity index (χ3n) is 2.83. The molecule has 1 N–H and O–H groups in total. The Labute approximate surface area is 114 Å². The van der Waals surface area contributed by atoms with Crippen molar-refractivity contribution in [2.45, 2.75) is 32.6 Å². The van der Waals surface area contributed by atoms with E-state index in [0.717, 1.165) is 24.9 Å². The first-order valence-electron chi connectivity index (χ1n) is 6.66. The second kappa shape index (κ2) is 7.56. The summed E-state index contributed by atoms with van der Waals surface area (Å²) in [5.74, 6) is -0.0130. The van der Waals surface area contributed by atoms with Crippen LogP contribution >= 0.6 is 0 Å². The number of anilines is 1. The Balaban J connectivity index is 2.52. The van der Waals surface area contributed by atoms with Crippen molar-refractivity contribution in [2.75, 3.05) is 19.4 Å². The second-order valence-corrected chi connectivity index (χ2v) is 4.78. The first kappa shape index (κ1) is 15.2. The maximum Gasteiger partial charge on any atom is 0.253 e. The van der Waals surface area contributed by atoms with E-state index in [1.54, 1.807) is 38.4 Å². The van der Waals surface area contributed by atoms with Crippen molar-refractivity contribution >= 4 is 17.5 Å². The molecule has 1 rings (SSSR count). The molecule has 0 aliphatic heterocycles. The topological polar surface area (TPSA) is 49.4 Å². The molecule has 0 saturated heterocycles. The van der Waals surface area contributed by atoms with Crippen LogP contribution in [0.1, 0.15) is 43.0 Å². The molecular formula is C15H22N2O2. The molecule has 0 spiro atoms. The minimum absolute atomic E-state index is 0.0279. The molecule has 0 radical (unpaired) electrons. The summed E-state index contributed by atoms with van der Waals surface area (Å²) in [5, 5.41) is 2.83. The maximum absolute atomic E-state index is 11.7. The molecule has 1 aromatic carbocycles. The van der Waals surface area contributed by atoms with E-state index in [9.17, 15) is 9.59 Å². The number of benzene rings is 1. The fourth-order valence-electron chi connectivity index (χ4n) is 1.71. The molecule has 4 nitrogen and oxygen atoms in total. The molecule has 1 aromatic rings. The zero-order valence-electron chi connectivity index (χ0n) is 11.9. The highest BCUT2D eigenvalue weighted by Gasteiger charge is 2.08. The molecule has 0 unspecified atom stereocenters. The summed E-state index contributed by atoms with van der Waals surface area (Å²) >= 11 is 0. The van der Waals surface area contributed by atoms with Gasteiger partial charge in [-0.3, -0.25) is 9.59 Å². The monoisotopic (exact) mass is 262 g/mol. The van der Waals surface area contributed by atoms with Crippen LogP contribution in [-0.2, 0) is 4.79 Å². The van der Waals surface area contributed by atoms with Crippen LogP contribution < -0.4 is 5.32 Å². The van der Waals surface area contributed by atoms with Gasteiger partial charge >= 0.3 is 0 Å². The van der Waals surface area contributed by atoms with Gasteiger partial charge in [0, 0.05) is 31.8 Å². The Morgan fingerprint density at radius 1 is 1.11 bits per heavy atom. The summed E-state index contributed by atoms with van der Waals surface area (Å²) < 4.78 is 0. The number of hydrogen-bond donors (Lipinski definition) is 1. The van der Waals surface area contributed by atoms with Gasteiger partial charge in [0.1, 0.15) is 0 Å². The van der Waals surface area contributed by atoms with Crippen molar-refractivity contribution in [3.63, 3.8) is 0 Å². The molecule has 0 aliphatic carbocycles. The normalized spacial score (nSPS) is 10.1. The highest BCUT2D eigenvalue weighted by atomic mass is 16.2. The number of amides is 2. The minimum atomic E-state index is -0.0409. The van der Waals surface area contributed by atoms with Crippen molar-refractivity contribution in [3.8, 4) is 0 Å². The van der Waals surface area contributed by atoms with Crippen molar-refractivity contribution in [2.24, 2.45) is 0 Å². The fourth-order valence-corrected chi connectivity index (χ4v) is 1.71. The molecule has 104 valence electrons. The highest BCUT2D eigenvalue weighted by molar-refractivity contribution is 5.95. The zero-order chi connectivity index (χ0) is 14.3. The van der Waals surface area contributed by atoms with Crippen LogP contribution in [0, 0.1) is 0 Å².